The Morgan fingerprint density at radius 3 is 1.33 bits per heavy atom. The van der Waals surface area contributed by atoms with Crippen molar-refractivity contribution < 1.29 is 0 Å². The van der Waals surface area contributed by atoms with Crippen molar-refractivity contribution in [2.45, 2.75) is 13.8 Å². The van der Waals surface area contributed by atoms with Crippen LogP contribution >= 0.6 is 7.92 Å². The van der Waals surface area contributed by atoms with Crippen molar-refractivity contribution in [2.24, 2.45) is 0 Å². The fraction of sp³-hybridized carbons (Fsp3) is 0.0435. The van der Waals surface area contributed by atoms with E-state index in [2.05, 4.69) is 196 Å². The van der Waals surface area contributed by atoms with E-state index in [4.69, 9.17) is 0 Å². The fourth-order valence-corrected chi connectivity index (χ4v) is 16.2. The molecular weight excluding hydrogens is 705 g/mol. The van der Waals surface area contributed by atoms with E-state index in [1.807, 2.05) is 0 Å². The molecule has 48 heavy (non-hydrogen) atoms. The summed E-state index contributed by atoms with van der Waals surface area (Å²) >= 11 is -2.58. The minimum atomic E-state index is -2.58. The van der Waals surface area contributed by atoms with Crippen LogP contribution in [-0.4, -0.2) is 20.2 Å². The molecule has 0 heterocycles. The first-order valence-electron chi connectivity index (χ1n) is 16.5. The maximum atomic E-state index is 2.49. The van der Waals surface area contributed by atoms with Gasteiger partial charge in [-0.1, -0.05) is 0 Å². The standard InChI is InChI=1S/C32H22P.2C7H7.Sb/c1-3-15-26(16-4-1)33(27-17-5-2-6-18-27)31-23-22-25-13-8-10-20-29(25)32(31)30-21-11-14-24-12-7-9-19-28(24)30;2*1-7-5-3-2-4-6-7;/h1-20,22-23H;2*3-6H,1H3;. The Bertz CT molecular complexity index is 2260. The van der Waals surface area contributed by atoms with Crippen LogP contribution in [0, 0.1) is 13.8 Å². The SMILES string of the molecule is Cc1cc[c]([Sb]([c]2ccc(C)cc2)[c]2ccc3ccccc3c2-c2c(P(c3ccccc3)c3ccccc3)ccc3ccccc23)cc1. The molecule has 8 rings (SSSR count). The van der Waals surface area contributed by atoms with E-state index in [0.29, 0.717) is 0 Å². The van der Waals surface area contributed by atoms with Crippen molar-refractivity contribution in [2.75, 3.05) is 0 Å². The molecule has 0 aliphatic rings. The normalized spacial score (nSPS) is 11.5. The van der Waals surface area contributed by atoms with E-state index >= 15 is 0 Å². The zero-order valence-electron chi connectivity index (χ0n) is 27.2. The number of rotatable bonds is 7. The molecule has 0 unspecified atom stereocenters. The van der Waals surface area contributed by atoms with Crippen LogP contribution in [0.25, 0.3) is 32.7 Å². The second-order valence-corrected chi connectivity index (χ2v) is 20.8. The summed E-state index contributed by atoms with van der Waals surface area (Å²) < 4.78 is 4.48. The van der Waals surface area contributed by atoms with Gasteiger partial charge in [-0.05, 0) is 0 Å². The number of hydrogen-bond acceptors (Lipinski definition) is 0. The molecule has 8 aromatic carbocycles. The second-order valence-electron chi connectivity index (χ2n) is 12.4. The zero-order chi connectivity index (χ0) is 32.5. The average molecular weight is 742 g/mol. The first-order valence-corrected chi connectivity index (χ1v) is 21.7. The van der Waals surface area contributed by atoms with Gasteiger partial charge in [-0.15, -0.1) is 0 Å². The van der Waals surface area contributed by atoms with Crippen molar-refractivity contribution in [1.82, 2.24) is 0 Å². The van der Waals surface area contributed by atoms with Gasteiger partial charge >= 0.3 is 294 Å². The molecule has 0 nitrogen and oxygen atoms in total. The molecule has 0 aromatic heterocycles. The van der Waals surface area contributed by atoms with E-state index in [-0.39, 0.29) is 0 Å². The molecule has 0 amide bonds. The van der Waals surface area contributed by atoms with Gasteiger partial charge in [0.05, 0.1) is 0 Å². The van der Waals surface area contributed by atoms with Gasteiger partial charge < -0.3 is 0 Å². The average Bonchev–Trinajstić information content (AvgIpc) is 3.14. The molecule has 0 saturated heterocycles. The summed E-state index contributed by atoms with van der Waals surface area (Å²) in [6, 6.07) is 68.8. The van der Waals surface area contributed by atoms with Gasteiger partial charge in [0.2, 0.25) is 0 Å². The van der Waals surface area contributed by atoms with Crippen molar-refractivity contribution in [3.8, 4) is 11.1 Å². The molecule has 0 spiro atoms. The Morgan fingerprint density at radius 2 is 0.812 bits per heavy atom. The van der Waals surface area contributed by atoms with E-state index in [1.54, 1.807) is 0 Å². The van der Waals surface area contributed by atoms with E-state index in [9.17, 15) is 0 Å². The molecule has 0 saturated carbocycles. The first kappa shape index (κ1) is 30.8. The molecule has 0 fully saturated rings. The van der Waals surface area contributed by atoms with Gasteiger partial charge in [0, 0.05) is 0 Å². The second kappa shape index (κ2) is 13.6. The fourth-order valence-electron chi connectivity index (χ4n) is 6.81. The van der Waals surface area contributed by atoms with Gasteiger partial charge in [0.1, 0.15) is 0 Å². The van der Waals surface area contributed by atoms with Gasteiger partial charge in [-0.2, -0.15) is 0 Å². The minimum absolute atomic E-state index is 0.847. The summed E-state index contributed by atoms with van der Waals surface area (Å²) in [5.41, 5.74) is 5.39. The summed E-state index contributed by atoms with van der Waals surface area (Å²) in [6.07, 6.45) is 0. The Labute approximate surface area is 292 Å². The molecule has 0 aliphatic heterocycles. The van der Waals surface area contributed by atoms with Crippen molar-refractivity contribution in [3.05, 3.63) is 193 Å². The van der Waals surface area contributed by atoms with E-state index in [0.717, 1.165) is 0 Å². The Kier molecular flexibility index (Phi) is 8.72. The summed E-state index contributed by atoms with van der Waals surface area (Å²) in [5.74, 6) is 0. The van der Waals surface area contributed by atoms with Crippen LogP contribution in [0.15, 0.2) is 182 Å². The summed E-state index contributed by atoms with van der Waals surface area (Å²) in [4.78, 5) is 0. The summed E-state index contributed by atoms with van der Waals surface area (Å²) in [6.45, 7) is 4.38. The van der Waals surface area contributed by atoms with E-state index < -0.39 is 28.1 Å². The molecule has 230 valence electrons. The van der Waals surface area contributed by atoms with Crippen molar-refractivity contribution in [3.63, 3.8) is 0 Å². The molecule has 0 radical (unpaired) electrons. The molecule has 8 aromatic rings. The molecule has 0 N–H and O–H groups in total. The van der Waals surface area contributed by atoms with Crippen LogP contribution in [0.4, 0.5) is 0 Å². The Hall–Kier alpha value is -4.47. The molecular formula is C46H36PSb. The quantitative estimate of drug-likeness (QED) is 0.114. The monoisotopic (exact) mass is 740 g/mol. The molecule has 0 aliphatic carbocycles. The number of fused-ring (bicyclic) bond motifs is 2. The van der Waals surface area contributed by atoms with Crippen molar-refractivity contribution in [1.29, 1.82) is 0 Å². The Morgan fingerprint density at radius 1 is 0.375 bits per heavy atom. The summed E-state index contributed by atoms with van der Waals surface area (Å²) in [5, 5.41) is 9.36. The Balaban J connectivity index is 1.52. The molecule has 2 heteroatoms. The number of aryl methyl sites for hydroxylation is 2. The maximum absolute atomic E-state index is 2.58. The van der Waals surface area contributed by atoms with Crippen LogP contribution in [0.5, 0.6) is 0 Å². The van der Waals surface area contributed by atoms with Gasteiger partial charge in [0.15, 0.2) is 0 Å². The van der Waals surface area contributed by atoms with Crippen molar-refractivity contribution >= 4 is 76.1 Å². The van der Waals surface area contributed by atoms with Crippen LogP contribution < -0.4 is 26.4 Å². The summed E-state index contributed by atoms with van der Waals surface area (Å²) in [7, 11) is -0.847. The predicted octanol–water partition coefficient (Wildman–Crippen LogP) is 8.55. The van der Waals surface area contributed by atoms with Gasteiger partial charge in [0.25, 0.3) is 0 Å². The topological polar surface area (TPSA) is 0 Å². The van der Waals surface area contributed by atoms with Crippen LogP contribution in [-0.2, 0) is 0 Å². The molecule has 0 atom stereocenters. The number of hydrogen-bond donors (Lipinski definition) is 0. The third-order valence-corrected chi connectivity index (χ3v) is 18.7. The zero-order valence-corrected chi connectivity index (χ0v) is 30.7. The van der Waals surface area contributed by atoms with Gasteiger partial charge in [-0.25, -0.2) is 0 Å². The van der Waals surface area contributed by atoms with Crippen LogP contribution in [0.1, 0.15) is 11.1 Å². The number of benzene rings is 8. The van der Waals surface area contributed by atoms with Crippen LogP contribution in [0.3, 0.4) is 0 Å². The predicted molar refractivity (Wildman–Crippen MR) is 213 cm³/mol. The van der Waals surface area contributed by atoms with E-state index in [1.165, 1.54) is 70.2 Å². The first-order chi connectivity index (χ1) is 23.7. The molecule has 0 bridgehead atoms. The van der Waals surface area contributed by atoms with Gasteiger partial charge in [-0.3, -0.25) is 0 Å². The third kappa shape index (κ3) is 5.90. The van der Waals surface area contributed by atoms with Crippen LogP contribution in [0.2, 0.25) is 0 Å². The third-order valence-electron chi connectivity index (χ3n) is 9.16.